The maximum Gasteiger partial charge on any atom is 0.250 e. The Morgan fingerprint density at radius 1 is 1.36 bits per heavy atom. The second-order valence-electron chi connectivity index (χ2n) is 6.70. The molecule has 2 heterocycles. The second kappa shape index (κ2) is 6.74. The van der Waals surface area contributed by atoms with Crippen LogP contribution in [0.2, 0.25) is 0 Å². The molecular weight excluding hydrogens is 321 g/mol. The number of rotatable bonds is 5. The van der Waals surface area contributed by atoms with E-state index < -0.39 is 6.04 Å². The van der Waals surface area contributed by atoms with Crippen LogP contribution in [0, 0.1) is 12.7 Å². The summed E-state index contributed by atoms with van der Waals surface area (Å²) >= 11 is 0. The van der Waals surface area contributed by atoms with Crippen LogP contribution in [0.3, 0.4) is 0 Å². The SMILES string of the molecule is Cc1cc(N2CC[C@@H](Nc3c(F)cccc3NC(C)C)C2=O)n(C)n1. The summed E-state index contributed by atoms with van der Waals surface area (Å²) in [6, 6.07) is 6.46. The van der Waals surface area contributed by atoms with Gasteiger partial charge in [0.15, 0.2) is 0 Å². The Kier molecular flexibility index (Phi) is 4.65. The molecule has 2 N–H and O–H groups in total. The smallest absolute Gasteiger partial charge is 0.250 e. The van der Waals surface area contributed by atoms with Gasteiger partial charge in [-0.15, -0.1) is 0 Å². The van der Waals surface area contributed by atoms with E-state index in [2.05, 4.69) is 15.7 Å². The number of aryl methyl sites for hydroxylation is 2. The van der Waals surface area contributed by atoms with Crippen LogP contribution in [0.1, 0.15) is 26.0 Å². The van der Waals surface area contributed by atoms with Gasteiger partial charge in [0.05, 0.1) is 17.1 Å². The number of aromatic nitrogens is 2. The monoisotopic (exact) mass is 345 g/mol. The summed E-state index contributed by atoms with van der Waals surface area (Å²) in [6.45, 7) is 6.45. The van der Waals surface area contributed by atoms with Gasteiger partial charge in [-0.3, -0.25) is 14.4 Å². The van der Waals surface area contributed by atoms with Gasteiger partial charge in [-0.25, -0.2) is 4.39 Å². The van der Waals surface area contributed by atoms with E-state index in [1.807, 2.05) is 40.0 Å². The topological polar surface area (TPSA) is 62.2 Å². The quantitative estimate of drug-likeness (QED) is 0.875. The molecule has 1 aromatic heterocycles. The number of hydrogen-bond donors (Lipinski definition) is 2. The summed E-state index contributed by atoms with van der Waals surface area (Å²) in [5.74, 6) is 0.330. The van der Waals surface area contributed by atoms with Crippen molar-refractivity contribution >= 4 is 23.1 Å². The molecule has 0 unspecified atom stereocenters. The van der Waals surface area contributed by atoms with E-state index in [4.69, 9.17) is 0 Å². The largest absolute Gasteiger partial charge is 0.381 e. The third-order valence-electron chi connectivity index (χ3n) is 4.24. The Balaban J connectivity index is 1.81. The molecule has 1 saturated heterocycles. The van der Waals surface area contributed by atoms with Crippen molar-refractivity contribution in [2.24, 2.45) is 7.05 Å². The molecule has 3 rings (SSSR count). The lowest BCUT2D eigenvalue weighted by atomic mass is 10.2. The highest BCUT2D eigenvalue weighted by Gasteiger charge is 2.34. The van der Waals surface area contributed by atoms with Gasteiger partial charge in [-0.1, -0.05) is 6.07 Å². The van der Waals surface area contributed by atoms with Crippen LogP contribution in [0.4, 0.5) is 21.6 Å². The van der Waals surface area contributed by atoms with Crippen molar-refractivity contribution < 1.29 is 9.18 Å². The fourth-order valence-electron chi connectivity index (χ4n) is 3.17. The van der Waals surface area contributed by atoms with E-state index >= 15 is 0 Å². The lowest BCUT2D eigenvalue weighted by Crippen LogP contribution is -2.34. The van der Waals surface area contributed by atoms with Crippen LogP contribution < -0.4 is 15.5 Å². The number of hydrogen-bond acceptors (Lipinski definition) is 4. The lowest BCUT2D eigenvalue weighted by molar-refractivity contribution is -0.117. The zero-order valence-electron chi connectivity index (χ0n) is 15.0. The number of amides is 1. The number of para-hydroxylation sites is 1. The Bertz CT molecular complexity index is 786. The van der Waals surface area contributed by atoms with E-state index in [1.165, 1.54) is 6.07 Å². The molecule has 1 atom stereocenters. The van der Waals surface area contributed by atoms with Crippen molar-refractivity contribution in [1.29, 1.82) is 0 Å². The summed E-state index contributed by atoms with van der Waals surface area (Å²) in [4.78, 5) is 14.5. The van der Waals surface area contributed by atoms with Crippen molar-refractivity contribution in [2.45, 2.75) is 39.3 Å². The van der Waals surface area contributed by atoms with Gasteiger partial charge in [0.2, 0.25) is 0 Å². The fraction of sp³-hybridized carbons (Fsp3) is 0.444. The predicted octanol–water partition coefficient (Wildman–Crippen LogP) is 2.91. The number of benzene rings is 1. The minimum absolute atomic E-state index is 0.0678. The van der Waals surface area contributed by atoms with Gasteiger partial charge in [0.1, 0.15) is 17.7 Å². The highest BCUT2D eigenvalue weighted by atomic mass is 19.1. The predicted molar refractivity (Wildman–Crippen MR) is 97.5 cm³/mol. The van der Waals surface area contributed by atoms with E-state index in [-0.39, 0.29) is 17.8 Å². The average molecular weight is 345 g/mol. The van der Waals surface area contributed by atoms with Gasteiger partial charge < -0.3 is 10.6 Å². The second-order valence-corrected chi connectivity index (χ2v) is 6.70. The van der Waals surface area contributed by atoms with E-state index in [1.54, 1.807) is 15.6 Å². The Hall–Kier alpha value is -2.57. The number of halogens is 1. The van der Waals surface area contributed by atoms with E-state index in [9.17, 15) is 9.18 Å². The molecule has 0 radical (unpaired) electrons. The van der Waals surface area contributed by atoms with Crippen molar-refractivity contribution in [1.82, 2.24) is 9.78 Å². The average Bonchev–Trinajstić information content (AvgIpc) is 3.04. The summed E-state index contributed by atoms with van der Waals surface area (Å²) in [7, 11) is 1.82. The van der Waals surface area contributed by atoms with Gasteiger partial charge in [-0.05, 0) is 39.3 Å². The molecule has 7 heteroatoms. The molecule has 1 amide bonds. The van der Waals surface area contributed by atoms with Crippen molar-refractivity contribution in [2.75, 3.05) is 22.1 Å². The minimum atomic E-state index is -0.459. The zero-order chi connectivity index (χ0) is 18.1. The molecule has 0 aliphatic carbocycles. The number of nitrogens with one attached hydrogen (secondary N) is 2. The normalized spacial score (nSPS) is 17.4. The molecule has 1 aliphatic heterocycles. The molecule has 134 valence electrons. The third kappa shape index (κ3) is 3.45. The molecule has 1 aromatic carbocycles. The summed E-state index contributed by atoms with van der Waals surface area (Å²) in [5.41, 5.74) is 1.87. The van der Waals surface area contributed by atoms with Crippen molar-refractivity contribution in [3.8, 4) is 0 Å². The lowest BCUT2D eigenvalue weighted by Gasteiger charge is -2.20. The van der Waals surface area contributed by atoms with Crippen LogP contribution in [-0.4, -0.2) is 34.3 Å². The maximum absolute atomic E-state index is 14.3. The highest BCUT2D eigenvalue weighted by molar-refractivity contribution is 6.00. The van der Waals surface area contributed by atoms with Gasteiger partial charge in [0.25, 0.3) is 5.91 Å². The first-order chi connectivity index (χ1) is 11.9. The standard InChI is InChI=1S/C18H24FN5O/c1-11(2)20-14-7-5-6-13(19)17(14)21-15-8-9-24(18(15)25)16-10-12(3)22-23(16)4/h5-7,10-11,15,20-21H,8-9H2,1-4H3/t15-/m1/s1. The number of carbonyl (C=O) groups excluding carboxylic acids is 1. The maximum atomic E-state index is 14.3. The van der Waals surface area contributed by atoms with Gasteiger partial charge in [-0.2, -0.15) is 5.10 Å². The molecule has 25 heavy (non-hydrogen) atoms. The Morgan fingerprint density at radius 2 is 2.12 bits per heavy atom. The fourth-order valence-corrected chi connectivity index (χ4v) is 3.17. The molecule has 0 bridgehead atoms. The van der Waals surface area contributed by atoms with Crippen LogP contribution in [0.25, 0.3) is 0 Å². The molecule has 2 aromatic rings. The summed E-state index contributed by atoms with van der Waals surface area (Å²) in [5, 5.41) is 10.6. The van der Waals surface area contributed by atoms with Gasteiger partial charge >= 0.3 is 0 Å². The first kappa shape index (κ1) is 17.3. The summed E-state index contributed by atoms with van der Waals surface area (Å²) in [6.07, 6.45) is 0.610. The number of carbonyl (C=O) groups is 1. The van der Waals surface area contributed by atoms with Crippen LogP contribution in [0.5, 0.6) is 0 Å². The van der Waals surface area contributed by atoms with Crippen LogP contribution in [0.15, 0.2) is 24.3 Å². The first-order valence-corrected chi connectivity index (χ1v) is 8.50. The molecule has 1 aliphatic rings. The van der Waals surface area contributed by atoms with Crippen molar-refractivity contribution in [3.63, 3.8) is 0 Å². The first-order valence-electron chi connectivity index (χ1n) is 8.50. The third-order valence-corrected chi connectivity index (χ3v) is 4.24. The zero-order valence-corrected chi connectivity index (χ0v) is 15.0. The highest BCUT2D eigenvalue weighted by Crippen LogP contribution is 2.30. The van der Waals surface area contributed by atoms with Crippen LogP contribution >= 0.6 is 0 Å². The Labute approximate surface area is 147 Å². The molecule has 0 saturated carbocycles. The minimum Gasteiger partial charge on any atom is -0.381 e. The summed E-state index contributed by atoms with van der Waals surface area (Å²) < 4.78 is 16.0. The van der Waals surface area contributed by atoms with E-state index in [0.29, 0.717) is 24.3 Å². The van der Waals surface area contributed by atoms with Crippen molar-refractivity contribution in [3.05, 3.63) is 35.8 Å². The molecule has 6 nitrogen and oxygen atoms in total. The molecular formula is C18H24FN5O. The molecule has 1 fully saturated rings. The number of nitrogens with zero attached hydrogens (tertiary/aromatic N) is 3. The number of anilines is 3. The Morgan fingerprint density at radius 3 is 2.76 bits per heavy atom. The van der Waals surface area contributed by atoms with Gasteiger partial charge in [0, 0.05) is 25.7 Å². The van der Waals surface area contributed by atoms with Crippen LogP contribution in [-0.2, 0) is 11.8 Å². The van der Waals surface area contributed by atoms with E-state index in [0.717, 1.165) is 11.5 Å². The molecule has 0 spiro atoms.